The number of nitrogens with zero attached hydrogens (tertiary/aromatic N) is 2. The predicted molar refractivity (Wildman–Crippen MR) is 82.0 cm³/mol. The van der Waals surface area contributed by atoms with Crippen LogP contribution in [0.3, 0.4) is 0 Å². The van der Waals surface area contributed by atoms with E-state index in [-0.39, 0.29) is 11.6 Å². The highest BCUT2D eigenvalue weighted by molar-refractivity contribution is 7.12. The molecule has 0 aromatic carbocycles. The van der Waals surface area contributed by atoms with Crippen molar-refractivity contribution in [2.24, 2.45) is 0 Å². The topological polar surface area (TPSA) is 63.0 Å². The average molecular weight is 294 g/mol. The first-order chi connectivity index (χ1) is 9.33. The van der Waals surface area contributed by atoms with Crippen LogP contribution in [0.1, 0.15) is 49.4 Å². The van der Waals surface area contributed by atoms with Crippen LogP contribution in [0, 0.1) is 6.92 Å². The van der Waals surface area contributed by atoms with Gasteiger partial charge in [-0.05, 0) is 46.8 Å². The SMILES string of the molecule is Cc1ccc(C(C)Nc2nnc(CNC(C)(C)C)o2)s1. The molecule has 1 unspecified atom stereocenters. The third-order valence-electron chi connectivity index (χ3n) is 2.76. The highest BCUT2D eigenvalue weighted by atomic mass is 32.1. The summed E-state index contributed by atoms with van der Waals surface area (Å²) in [7, 11) is 0. The minimum atomic E-state index is 0.0316. The van der Waals surface area contributed by atoms with E-state index in [0.717, 1.165) is 0 Å². The van der Waals surface area contributed by atoms with Gasteiger partial charge >= 0.3 is 6.01 Å². The van der Waals surface area contributed by atoms with Crippen LogP contribution in [0.25, 0.3) is 0 Å². The van der Waals surface area contributed by atoms with Gasteiger partial charge in [-0.3, -0.25) is 0 Å². The normalized spacial score (nSPS) is 13.4. The van der Waals surface area contributed by atoms with Gasteiger partial charge in [0.25, 0.3) is 0 Å². The lowest BCUT2D eigenvalue weighted by atomic mass is 10.1. The Morgan fingerprint density at radius 1 is 1.30 bits per heavy atom. The van der Waals surface area contributed by atoms with Crippen LogP contribution < -0.4 is 10.6 Å². The molecule has 0 bridgehead atoms. The number of hydrogen-bond donors (Lipinski definition) is 2. The van der Waals surface area contributed by atoms with Gasteiger partial charge in [-0.2, -0.15) is 0 Å². The quantitative estimate of drug-likeness (QED) is 0.883. The first-order valence-electron chi connectivity index (χ1n) is 6.74. The Morgan fingerprint density at radius 3 is 2.65 bits per heavy atom. The van der Waals surface area contributed by atoms with Crippen LogP contribution in [0.2, 0.25) is 0 Å². The Kier molecular flexibility index (Phi) is 4.45. The van der Waals surface area contributed by atoms with E-state index in [1.807, 2.05) is 0 Å². The summed E-state index contributed by atoms with van der Waals surface area (Å²) in [5, 5.41) is 14.6. The minimum Gasteiger partial charge on any atom is -0.407 e. The number of aromatic nitrogens is 2. The fraction of sp³-hybridized carbons (Fsp3) is 0.571. The van der Waals surface area contributed by atoms with Gasteiger partial charge in [0.15, 0.2) is 0 Å². The van der Waals surface area contributed by atoms with Crippen LogP contribution in [0.4, 0.5) is 6.01 Å². The van der Waals surface area contributed by atoms with Gasteiger partial charge in [-0.25, -0.2) is 0 Å². The van der Waals surface area contributed by atoms with Crippen molar-refractivity contribution in [3.05, 3.63) is 27.8 Å². The van der Waals surface area contributed by atoms with Gasteiger partial charge in [0.1, 0.15) is 0 Å². The Hall–Kier alpha value is -1.40. The molecule has 0 aliphatic rings. The average Bonchev–Trinajstić information content (AvgIpc) is 2.95. The van der Waals surface area contributed by atoms with Gasteiger partial charge in [0, 0.05) is 15.3 Å². The van der Waals surface area contributed by atoms with Crippen molar-refractivity contribution in [2.45, 2.75) is 52.7 Å². The van der Waals surface area contributed by atoms with Gasteiger partial charge in [0.2, 0.25) is 5.89 Å². The maximum Gasteiger partial charge on any atom is 0.316 e. The van der Waals surface area contributed by atoms with Crippen molar-refractivity contribution in [1.82, 2.24) is 15.5 Å². The number of anilines is 1. The van der Waals surface area contributed by atoms with Crippen molar-refractivity contribution in [3.8, 4) is 0 Å². The molecule has 0 spiro atoms. The number of nitrogens with one attached hydrogen (secondary N) is 2. The number of aryl methyl sites for hydroxylation is 1. The molecule has 1 atom stereocenters. The van der Waals surface area contributed by atoms with Crippen molar-refractivity contribution < 1.29 is 4.42 Å². The van der Waals surface area contributed by atoms with Crippen molar-refractivity contribution in [2.75, 3.05) is 5.32 Å². The summed E-state index contributed by atoms with van der Waals surface area (Å²) >= 11 is 1.77. The molecule has 0 fully saturated rings. The molecule has 5 nitrogen and oxygen atoms in total. The molecule has 0 aliphatic heterocycles. The molecule has 6 heteroatoms. The van der Waals surface area contributed by atoms with E-state index < -0.39 is 0 Å². The Bertz CT molecular complexity index is 556. The van der Waals surface area contributed by atoms with E-state index in [2.05, 4.69) is 67.6 Å². The van der Waals surface area contributed by atoms with Crippen molar-refractivity contribution >= 4 is 17.4 Å². The number of rotatable bonds is 5. The standard InChI is InChI=1S/C14H22N4OS/c1-9-6-7-11(20-9)10(2)16-13-18-17-12(19-13)8-15-14(3,4)5/h6-7,10,15H,8H2,1-5H3,(H,16,18). The summed E-state index contributed by atoms with van der Waals surface area (Å²) in [6.07, 6.45) is 0. The molecule has 20 heavy (non-hydrogen) atoms. The predicted octanol–water partition coefficient (Wildman–Crippen LogP) is 3.50. The van der Waals surface area contributed by atoms with Gasteiger partial charge in [-0.15, -0.1) is 16.4 Å². The summed E-state index contributed by atoms with van der Waals surface area (Å²) in [5.74, 6) is 0.594. The number of hydrogen-bond acceptors (Lipinski definition) is 6. The van der Waals surface area contributed by atoms with Crippen LogP contribution >= 0.6 is 11.3 Å². The summed E-state index contributed by atoms with van der Waals surface area (Å²) < 4.78 is 5.59. The zero-order valence-corrected chi connectivity index (χ0v) is 13.5. The Labute approximate surface area is 123 Å². The zero-order chi connectivity index (χ0) is 14.8. The molecule has 2 aromatic rings. The van der Waals surface area contributed by atoms with Gasteiger partial charge in [-0.1, -0.05) is 5.10 Å². The summed E-state index contributed by atoms with van der Waals surface area (Å²) in [6, 6.07) is 4.87. The molecule has 0 amide bonds. The lowest BCUT2D eigenvalue weighted by Crippen LogP contribution is -2.35. The molecule has 0 saturated carbocycles. The molecular formula is C14H22N4OS. The van der Waals surface area contributed by atoms with E-state index in [1.165, 1.54) is 9.75 Å². The highest BCUT2D eigenvalue weighted by Crippen LogP contribution is 2.25. The van der Waals surface area contributed by atoms with Crippen molar-refractivity contribution in [1.29, 1.82) is 0 Å². The van der Waals surface area contributed by atoms with Crippen LogP contribution in [0.5, 0.6) is 0 Å². The third kappa shape index (κ3) is 4.31. The second-order valence-corrected chi connectivity index (χ2v) is 7.24. The maximum atomic E-state index is 5.59. The molecule has 2 N–H and O–H groups in total. The molecule has 2 heterocycles. The second kappa shape index (κ2) is 5.93. The Balaban J connectivity index is 1.92. The highest BCUT2D eigenvalue weighted by Gasteiger charge is 2.14. The molecule has 2 aromatic heterocycles. The van der Waals surface area contributed by atoms with E-state index in [1.54, 1.807) is 11.3 Å². The monoisotopic (exact) mass is 294 g/mol. The van der Waals surface area contributed by atoms with E-state index in [4.69, 9.17) is 4.42 Å². The first kappa shape index (κ1) is 15.0. The summed E-state index contributed by atoms with van der Waals surface area (Å²) in [5.41, 5.74) is 0.0316. The fourth-order valence-electron chi connectivity index (χ4n) is 1.67. The molecular weight excluding hydrogens is 272 g/mol. The van der Waals surface area contributed by atoms with Crippen LogP contribution in [-0.4, -0.2) is 15.7 Å². The van der Waals surface area contributed by atoms with E-state index in [0.29, 0.717) is 18.5 Å². The lowest BCUT2D eigenvalue weighted by Gasteiger charge is -2.18. The van der Waals surface area contributed by atoms with E-state index >= 15 is 0 Å². The van der Waals surface area contributed by atoms with Crippen LogP contribution in [0.15, 0.2) is 16.5 Å². The van der Waals surface area contributed by atoms with Crippen molar-refractivity contribution in [3.63, 3.8) is 0 Å². The second-order valence-electron chi connectivity index (χ2n) is 5.92. The summed E-state index contributed by atoms with van der Waals surface area (Å²) in [4.78, 5) is 2.56. The molecule has 2 rings (SSSR count). The molecule has 0 saturated heterocycles. The fourth-order valence-corrected chi connectivity index (χ4v) is 2.55. The molecule has 0 radical (unpaired) electrons. The minimum absolute atomic E-state index is 0.0316. The third-order valence-corrected chi connectivity index (χ3v) is 3.95. The molecule has 0 aliphatic carbocycles. The number of thiophene rings is 1. The lowest BCUT2D eigenvalue weighted by molar-refractivity contribution is 0.383. The first-order valence-corrected chi connectivity index (χ1v) is 7.55. The van der Waals surface area contributed by atoms with Gasteiger partial charge < -0.3 is 15.1 Å². The van der Waals surface area contributed by atoms with Gasteiger partial charge in [0.05, 0.1) is 12.6 Å². The largest absolute Gasteiger partial charge is 0.407 e. The smallest absolute Gasteiger partial charge is 0.316 e. The maximum absolute atomic E-state index is 5.59. The zero-order valence-electron chi connectivity index (χ0n) is 12.7. The summed E-state index contributed by atoms with van der Waals surface area (Å²) in [6.45, 7) is 11.1. The van der Waals surface area contributed by atoms with Crippen LogP contribution in [-0.2, 0) is 6.54 Å². The van der Waals surface area contributed by atoms with E-state index in [9.17, 15) is 0 Å². The Morgan fingerprint density at radius 2 is 2.05 bits per heavy atom. The molecule has 110 valence electrons.